The molecular formula is C17H26N4OS. The average molecular weight is 334 g/mol. The van der Waals surface area contributed by atoms with Gasteiger partial charge < -0.3 is 9.80 Å². The molecule has 3 fully saturated rings. The average Bonchev–Trinajstić information content (AvgIpc) is 3.27. The van der Waals surface area contributed by atoms with Crippen LogP contribution in [0.2, 0.25) is 0 Å². The van der Waals surface area contributed by atoms with Gasteiger partial charge in [0.2, 0.25) is 11.0 Å². The minimum Gasteiger partial charge on any atom is -0.345 e. The van der Waals surface area contributed by atoms with Crippen molar-refractivity contribution in [2.45, 2.75) is 45.4 Å². The number of aromatic nitrogens is 2. The molecule has 1 saturated heterocycles. The Labute approximate surface area is 142 Å². The van der Waals surface area contributed by atoms with Gasteiger partial charge in [-0.3, -0.25) is 4.79 Å². The van der Waals surface area contributed by atoms with Crippen molar-refractivity contribution in [3.05, 3.63) is 5.82 Å². The quantitative estimate of drug-likeness (QED) is 0.852. The van der Waals surface area contributed by atoms with Crippen LogP contribution in [0.5, 0.6) is 0 Å². The van der Waals surface area contributed by atoms with Gasteiger partial charge in [0.15, 0.2) is 0 Å². The van der Waals surface area contributed by atoms with Gasteiger partial charge in [0.25, 0.3) is 0 Å². The minimum absolute atomic E-state index is 0.327. The monoisotopic (exact) mass is 334 g/mol. The Kier molecular flexibility index (Phi) is 4.26. The van der Waals surface area contributed by atoms with Gasteiger partial charge in [-0.25, -0.2) is 4.98 Å². The Balaban J connectivity index is 1.38. The van der Waals surface area contributed by atoms with Crippen molar-refractivity contribution >= 4 is 22.6 Å². The fourth-order valence-electron chi connectivity index (χ4n) is 4.63. The summed E-state index contributed by atoms with van der Waals surface area (Å²) in [7, 11) is 0. The molecule has 0 radical (unpaired) electrons. The highest BCUT2D eigenvalue weighted by atomic mass is 32.1. The number of anilines is 1. The zero-order chi connectivity index (χ0) is 15.8. The molecule has 2 aliphatic carbocycles. The summed E-state index contributed by atoms with van der Waals surface area (Å²) < 4.78 is 4.39. The van der Waals surface area contributed by atoms with E-state index in [0.717, 1.165) is 62.3 Å². The first-order chi connectivity index (χ1) is 11.2. The molecule has 2 bridgehead atoms. The number of hydrogen-bond donors (Lipinski definition) is 0. The molecule has 0 unspecified atom stereocenters. The molecule has 1 aliphatic heterocycles. The van der Waals surface area contributed by atoms with Crippen LogP contribution in [0.4, 0.5) is 5.13 Å². The van der Waals surface area contributed by atoms with E-state index in [9.17, 15) is 4.79 Å². The topological polar surface area (TPSA) is 49.3 Å². The first-order valence-corrected chi connectivity index (χ1v) is 9.88. The number of hydrogen-bond acceptors (Lipinski definition) is 5. The van der Waals surface area contributed by atoms with Gasteiger partial charge >= 0.3 is 0 Å². The Morgan fingerprint density at radius 1 is 1.22 bits per heavy atom. The van der Waals surface area contributed by atoms with Crippen LogP contribution in [0.1, 0.15) is 44.9 Å². The number of fused-ring (bicyclic) bond motifs is 2. The van der Waals surface area contributed by atoms with Crippen molar-refractivity contribution in [2.75, 3.05) is 31.1 Å². The van der Waals surface area contributed by atoms with E-state index in [4.69, 9.17) is 0 Å². The summed E-state index contributed by atoms with van der Waals surface area (Å²) in [6, 6.07) is 0. The Bertz CT molecular complexity index is 575. The van der Waals surface area contributed by atoms with E-state index >= 15 is 0 Å². The fourth-order valence-corrected chi connectivity index (χ4v) is 5.43. The molecule has 5 nitrogen and oxygen atoms in total. The second-order valence-corrected chi connectivity index (χ2v) is 8.02. The molecule has 126 valence electrons. The van der Waals surface area contributed by atoms with Gasteiger partial charge in [-0.2, -0.15) is 4.37 Å². The summed E-state index contributed by atoms with van der Waals surface area (Å²) in [6.07, 6.45) is 7.03. The first kappa shape index (κ1) is 15.4. The van der Waals surface area contributed by atoms with Crippen LogP contribution in [0, 0.1) is 17.8 Å². The number of carbonyl (C=O) groups excluding carboxylic acids is 1. The summed E-state index contributed by atoms with van der Waals surface area (Å²) in [5.74, 6) is 3.22. The molecule has 0 spiro atoms. The van der Waals surface area contributed by atoms with Crippen molar-refractivity contribution in [3.63, 3.8) is 0 Å². The molecule has 1 aromatic heterocycles. The number of nitrogens with zero attached hydrogens (tertiary/aromatic N) is 4. The summed E-state index contributed by atoms with van der Waals surface area (Å²) >= 11 is 1.50. The van der Waals surface area contributed by atoms with Crippen molar-refractivity contribution < 1.29 is 4.79 Å². The van der Waals surface area contributed by atoms with E-state index in [0.29, 0.717) is 17.7 Å². The lowest BCUT2D eigenvalue weighted by Gasteiger charge is -2.28. The second kappa shape index (κ2) is 6.38. The lowest BCUT2D eigenvalue weighted by atomic mass is 9.87. The van der Waals surface area contributed by atoms with E-state index < -0.39 is 0 Å². The molecule has 23 heavy (non-hydrogen) atoms. The maximum Gasteiger partial charge on any atom is 0.226 e. The van der Waals surface area contributed by atoms with Crippen molar-refractivity contribution in [1.82, 2.24) is 14.3 Å². The molecule has 3 aliphatic rings. The van der Waals surface area contributed by atoms with Gasteiger partial charge in [-0.15, -0.1) is 0 Å². The van der Waals surface area contributed by atoms with Crippen molar-refractivity contribution in [1.29, 1.82) is 0 Å². The zero-order valence-corrected chi connectivity index (χ0v) is 14.7. The van der Waals surface area contributed by atoms with Crippen LogP contribution in [-0.4, -0.2) is 46.3 Å². The smallest absolute Gasteiger partial charge is 0.226 e. The summed E-state index contributed by atoms with van der Waals surface area (Å²) in [4.78, 5) is 22.0. The molecule has 1 aromatic rings. The molecule has 1 amide bonds. The van der Waals surface area contributed by atoms with E-state index in [1.54, 1.807) is 0 Å². The van der Waals surface area contributed by atoms with E-state index in [2.05, 4.69) is 26.1 Å². The molecule has 6 heteroatoms. The highest BCUT2D eigenvalue weighted by molar-refractivity contribution is 7.09. The predicted octanol–water partition coefficient (Wildman–Crippen LogP) is 2.58. The summed E-state index contributed by atoms with van der Waals surface area (Å²) in [5, 5.41) is 1.02. The maximum atomic E-state index is 12.9. The van der Waals surface area contributed by atoms with Crippen LogP contribution in [0.15, 0.2) is 0 Å². The van der Waals surface area contributed by atoms with E-state index in [1.807, 2.05) is 0 Å². The van der Waals surface area contributed by atoms with E-state index in [1.165, 1.54) is 30.8 Å². The number of amides is 1. The molecule has 0 aromatic carbocycles. The van der Waals surface area contributed by atoms with Gasteiger partial charge in [0.1, 0.15) is 5.82 Å². The molecule has 0 N–H and O–H groups in total. The maximum absolute atomic E-state index is 12.9. The molecule has 3 atom stereocenters. The van der Waals surface area contributed by atoms with Crippen molar-refractivity contribution in [2.24, 2.45) is 17.8 Å². The third-order valence-electron chi connectivity index (χ3n) is 5.91. The molecule has 2 heterocycles. The van der Waals surface area contributed by atoms with Crippen LogP contribution in [-0.2, 0) is 11.2 Å². The Morgan fingerprint density at radius 2 is 2.13 bits per heavy atom. The van der Waals surface area contributed by atoms with Gasteiger partial charge in [0.05, 0.1) is 0 Å². The lowest BCUT2D eigenvalue weighted by molar-refractivity contribution is -0.137. The first-order valence-electron chi connectivity index (χ1n) is 9.11. The lowest BCUT2D eigenvalue weighted by Crippen LogP contribution is -2.40. The standard InChI is InChI=1S/C17H26N4OS/c1-2-15-18-17(23-19-15)21-7-3-6-20(8-9-21)16(22)14-11-12-4-5-13(14)10-12/h12-14H,2-11H2,1H3/t12-,13-,14+/m0/s1. The number of carbonyl (C=O) groups is 1. The van der Waals surface area contributed by atoms with Crippen LogP contribution in [0.25, 0.3) is 0 Å². The SMILES string of the molecule is CCc1nsc(N2CCCN(C(=O)[C@@H]3C[C@H]4CC[C@H]3C4)CC2)n1. The molecule has 2 saturated carbocycles. The molecular weight excluding hydrogens is 308 g/mol. The highest BCUT2D eigenvalue weighted by Crippen LogP contribution is 2.48. The third-order valence-corrected chi connectivity index (χ3v) is 6.72. The highest BCUT2D eigenvalue weighted by Gasteiger charge is 2.44. The summed E-state index contributed by atoms with van der Waals surface area (Å²) in [5.41, 5.74) is 0. The van der Waals surface area contributed by atoms with Gasteiger partial charge in [-0.1, -0.05) is 13.3 Å². The second-order valence-electron chi connectivity index (χ2n) is 7.29. The van der Waals surface area contributed by atoms with Crippen molar-refractivity contribution in [3.8, 4) is 0 Å². The number of aryl methyl sites for hydroxylation is 1. The zero-order valence-electron chi connectivity index (χ0n) is 13.9. The van der Waals surface area contributed by atoms with Crippen LogP contribution in [0.3, 0.4) is 0 Å². The van der Waals surface area contributed by atoms with E-state index in [-0.39, 0.29) is 0 Å². The largest absolute Gasteiger partial charge is 0.345 e. The molecule has 4 rings (SSSR count). The predicted molar refractivity (Wildman–Crippen MR) is 91.6 cm³/mol. The minimum atomic E-state index is 0.327. The van der Waals surface area contributed by atoms with Crippen LogP contribution >= 0.6 is 11.5 Å². The normalized spacial score (nSPS) is 30.7. The third kappa shape index (κ3) is 2.97. The fraction of sp³-hybridized carbons (Fsp3) is 0.824. The Morgan fingerprint density at radius 3 is 2.83 bits per heavy atom. The number of rotatable bonds is 3. The van der Waals surface area contributed by atoms with Gasteiger partial charge in [0, 0.05) is 50.1 Å². The Hall–Kier alpha value is -1.17. The summed E-state index contributed by atoms with van der Waals surface area (Å²) in [6.45, 7) is 5.71. The van der Waals surface area contributed by atoms with Gasteiger partial charge in [-0.05, 0) is 37.5 Å². The van der Waals surface area contributed by atoms with Crippen LogP contribution < -0.4 is 4.90 Å².